The van der Waals surface area contributed by atoms with E-state index in [0.717, 1.165) is 5.39 Å². The normalized spacial score (nSPS) is 12.0. The first-order valence-corrected chi connectivity index (χ1v) is 8.67. The van der Waals surface area contributed by atoms with Gasteiger partial charge in [0.05, 0.1) is 23.8 Å². The quantitative estimate of drug-likeness (QED) is 0.566. The number of alkyl halides is 1. The predicted molar refractivity (Wildman–Crippen MR) is 101 cm³/mol. The van der Waals surface area contributed by atoms with Crippen LogP contribution in [0.25, 0.3) is 33.5 Å². The molecule has 0 fully saturated rings. The van der Waals surface area contributed by atoms with Crippen LogP contribution in [0.1, 0.15) is 24.2 Å². The Morgan fingerprint density at radius 1 is 1.36 bits per heavy atom. The monoisotopic (exact) mass is 384 g/mol. The Morgan fingerprint density at radius 2 is 2.14 bits per heavy atom. The molecule has 0 aliphatic rings. The van der Waals surface area contributed by atoms with E-state index in [-0.39, 0.29) is 17.9 Å². The van der Waals surface area contributed by atoms with E-state index in [9.17, 15) is 13.6 Å². The summed E-state index contributed by atoms with van der Waals surface area (Å²) in [7, 11) is 1.71. The molecule has 0 aliphatic heterocycles. The van der Waals surface area contributed by atoms with Gasteiger partial charge in [-0.3, -0.25) is 9.48 Å². The maximum atomic E-state index is 13.7. The van der Waals surface area contributed by atoms with Crippen LogP contribution < -0.4 is 5.32 Å². The number of benzene rings is 1. The highest BCUT2D eigenvalue weighted by Crippen LogP contribution is 2.28. The van der Waals surface area contributed by atoms with Crippen molar-refractivity contribution in [3.63, 3.8) is 0 Å². The molecule has 0 atom stereocenters. The van der Waals surface area contributed by atoms with Gasteiger partial charge in [0.2, 0.25) is 0 Å². The Labute approximate surface area is 158 Å². The van der Waals surface area contributed by atoms with Crippen molar-refractivity contribution in [3.8, 4) is 11.4 Å². The minimum atomic E-state index is -1.53. The number of carbonyl (C=O) groups excluding carboxylic acids is 1. The predicted octanol–water partition coefficient (Wildman–Crippen LogP) is 3.13. The molecule has 0 unspecified atom stereocenters. The molecule has 4 aromatic rings. The zero-order valence-corrected chi connectivity index (χ0v) is 15.5. The van der Waals surface area contributed by atoms with Gasteiger partial charge in [-0.15, -0.1) is 0 Å². The molecule has 4 rings (SSSR count). The second kappa shape index (κ2) is 6.36. The fraction of sp³-hybridized carbons (Fsp3) is 0.263. The Balaban J connectivity index is 1.77. The first kappa shape index (κ1) is 18.0. The fourth-order valence-corrected chi connectivity index (χ4v) is 2.98. The summed E-state index contributed by atoms with van der Waals surface area (Å²) < 4.78 is 28.8. The number of nitrogens with one attached hydrogen (secondary N) is 2. The molecule has 3 aromatic heterocycles. The molecule has 1 amide bonds. The van der Waals surface area contributed by atoms with Crippen LogP contribution in [0.4, 0.5) is 8.78 Å². The van der Waals surface area contributed by atoms with E-state index >= 15 is 0 Å². The number of hydrogen-bond donors (Lipinski definition) is 2. The van der Waals surface area contributed by atoms with E-state index in [1.165, 1.54) is 38.4 Å². The van der Waals surface area contributed by atoms with Crippen molar-refractivity contribution in [1.29, 1.82) is 0 Å². The number of hydrogen-bond acceptors (Lipinski definition) is 4. The second-order valence-electron chi connectivity index (χ2n) is 7.19. The number of aromatic amines is 1. The summed E-state index contributed by atoms with van der Waals surface area (Å²) in [6, 6.07) is 4.38. The smallest absolute Gasteiger partial charge is 0.255 e. The number of nitrogens with zero attached hydrogens (tertiary/aromatic N) is 4. The van der Waals surface area contributed by atoms with Crippen LogP contribution in [0.5, 0.6) is 0 Å². The number of aromatic nitrogens is 5. The van der Waals surface area contributed by atoms with Crippen LogP contribution in [0.15, 0.2) is 30.6 Å². The lowest BCUT2D eigenvalue weighted by Crippen LogP contribution is -2.35. The van der Waals surface area contributed by atoms with Crippen LogP contribution in [0.2, 0.25) is 0 Å². The summed E-state index contributed by atoms with van der Waals surface area (Å²) >= 11 is 0. The highest BCUT2D eigenvalue weighted by Gasteiger charge is 2.21. The first-order chi connectivity index (χ1) is 13.2. The van der Waals surface area contributed by atoms with Crippen LogP contribution in [0, 0.1) is 5.82 Å². The molecule has 2 N–H and O–H groups in total. The van der Waals surface area contributed by atoms with Crippen LogP contribution >= 0.6 is 0 Å². The molecule has 9 heteroatoms. The van der Waals surface area contributed by atoms with Crippen molar-refractivity contribution in [1.82, 2.24) is 30.0 Å². The Kier molecular flexibility index (Phi) is 4.10. The Hall–Kier alpha value is -3.36. The van der Waals surface area contributed by atoms with E-state index in [4.69, 9.17) is 0 Å². The number of fused-ring (bicyclic) bond motifs is 2. The largest absolute Gasteiger partial charge is 0.349 e. The van der Waals surface area contributed by atoms with Gasteiger partial charge in [-0.1, -0.05) is 0 Å². The number of H-pyrrole nitrogens is 1. The number of rotatable bonds is 4. The van der Waals surface area contributed by atoms with Crippen LogP contribution in [-0.2, 0) is 7.05 Å². The number of halogens is 2. The standard InChI is InChI=1S/C19H18F2N6O/c1-19(2,21)9-24-18(28)12-7-22-17-16(12)25-13(8-23-17)15-11-5-4-10(20)6-14(11)27(3)26-15/h4-8H,9H2,1-3H3,(H,22,23)(H,24,28). The van der Waals surface area contributed by atoms with Crippen molar-refractivity contribution in [2.45, 2.75) is 19.5 Å². The molecule has 1 aromatic carbocycles. The van der Waals surface area contributed by atoms with Gasteiger partial charge in [-0.05, 0) is 32.0 Å². The molecule has 0 spiro atoms. The van der Waals surface area contributed by atoms with Crippen molar-refractivity contribution < 1.29 is 13.6 Å². The minimum Gasteiger partial charge on any atom is -0.349 e. The Morgan fingerprint density at radius 3 is 2.89 bits per heavy atom. The molecule has 0 saturated heterocycles. The lowest BCUT2D eigenvalue weighted by molar-refractivity contribution is 0.0922. The zero-order valence-electron chi connectivity index (χ0n) is 15.5. The van der Waals surface area contributed by atoms with Gasteiger partial charge in [0.25, 0.3) is 5.91 Å². The van der Waals surface area contributed by atoms with Crippen LogP contribution in [-0.4, -0.2) is 42.9 Å². The Bertz CT molecular complexity index is 1200. The molecular formula is C19H18F2N6O. The molecule has 0 bridgehead atoms. The third-order valence-electron chi connectivity index (χ3n) is 4.35. The lowest BCUT2D eigenvalue weighted by Gasteiger charge is -2.14. The fourth-order valence-electron chi connectivity index (χ4n) is 2.98. The average Bonchev–Trinajstić information content (AvgIpc) is 3.20. The molecular weight excluding hydrogens is 366 g/mol. The van der Waals surface area contributed by atoms with E-state index in [1.54, 1.807) is 17.8 Å². The van der Waals surface area contributed by atoms with Gasteiger partial charge in [0.15, 0.2) is 5.65 Å². The highest BCUT2D eigenvalue weighted by atomic mass is 19.1. The van der Waals surface area contributed by atoms with Gasteiger partial charge in [-0.25, -0.2) is 18.7 Å². The maximum absolute atomic E-state index is 13.7. The minimum absolute atomic E-state index is 0.123. The summed E-state index contributed by atoms with van der Waals surface area (Å²) in [4.78, 5) is 24.2. The average molecular weight is 384 g/mol. The molecule has 0 aliphatic carbocycles. The van der Waals surface area contributed by atoms with Crippen molar-refractivity contribution in [3.05, 3.63) is 42.0 Å². The van der Waals surface area contributed by atoms with Crippen molar-refractivity contribution in [2.24, 2.45) is 7.05 Å². The molecule has 28 heavy (non-hydrogen) atoms. The van der Waals surface area contributed by atoms with Gasteiger partial charge in [0.1, 0.15) is 28.4 Å². The van der Waals surface area contributed by atoms with Crippen molar-refractivity contribution in [2.75, 3.05) is 6.54 Å². The number of amides is 1. The summed E-state index contributed by atoms with van der Waals surface area (Å²) in [5, 5.41) is 7.70. The van der Waals surface area contributed by atoms with Gasteiger partial charge < -0.3 is 10.3 Å². The SMILES string of the molecule is Cn1nc(-c2cnc3[nH]cc(C(=O)NCC(C)(C)F)c3n2)c2ccc(F)cc21. The molecule has 7 nitrogen and oxygen atoms in total. The van der Waals surface area contributed by atoms with E-state index in [1.807, 2.05) is 0 Å². The number of carbonyl (C=O) groups is 1. The first-order valence-electron chi connectivity index (χ1n) is 8.67. The van der Waals surface area contributed by atoms with E-state index in [2.05, 4.69) is 25.4 Å². The van der Waals surface area contributed by atoms with Gasteiger partial charge in [-0.2, -0.15) is 5.10 Å². The molecule has 0 saturated carbocycles. The molecule has 0 radical (unpaired) electrons. The summed E-state index contributed by atoms with van der Waals surface area (Å²) in [5.41, 5.74) is 1.12. The van der Waals surface area contributed by atoms with Gasteiger partial charge >= 0.3 is 0 Å². The summed E-state index contributed by atoms with van der Waals surface area (Å²) in [6.07, 6.45) is 3.03. The maximum Gasteiger partial charge on any atom is 0.255 e. The van der Waals surface area contributed by atoms with Crippen molar-refractivity contribution >= 4 is 28.0 Å². The highest BCUT2D eigenvalue weighted by molar-refractivity contribution is 6.05. The van der Waals surface area contributed by atoms with E-state index < -0.39 is 11.6 Å². The summed E-state index contributed by atoms with van der Waals surface area (Å²) in [6.45, 7) is 2.65. The summed E-state index contributed by atoms with van der Waals surface area (Å²) in [5.74, 6) is -0.805. The van der Waals surface area contributed by atoms with E-state index in [0.29, 0.717) is 28.1 Å². The third-order valence-corrected chi connectivity index (χ3v) is 4.35. The third kappa shape index (κ3) is 3.19. The van der Waals surface area contributed by atoms with Gasteiger partial charge in [0, 0.05) is 18.6 Å². The number of aryl methyl sites for hydroxylation is 1. The lowest BCUT2D eigenvalue weighted by atomic mass is 10.1. The zero-order chi connectivity index (χ0) is 20.1. The topological polar surface area (TPSA) is 88.5 Å². The molecule has 144 valence electrons. The van der Waals surface area contributed by atoms with Crippen LogP contribution in [0.3, 0.4) is 0 Å². The molecule has 3 heterocycles. The second-order valence-corrected chi connectivity index (χ2v) is 7.19.